The molecule has 2 aromatic carbocycles. The highest BCUT2D eigenvalue weighted by molar-refractivity contribution is 5.88. The summed E-state index contributed by atoms with van der Waals surface area (Å²) in [6.07, 6.45) is 3.06. The number of piperazine rings is 1. The van der Waals surface area contributed by atoms with E-state index < -0.39 is 6.04 Å². The number of nitrogens with zero attached hydrogens (tertiary/aromatic N) is 2. The summed E-state index contributed by atoms with van der Waals surface area (Å²) in [7, 11) is 1.64. The Morgan fingerprint density at radius 2 is 2.06 bits per heavy atom. The van der Waals surface area contributed by atoms with Crippen LogP contribution in [0.3, 0.4) is 0 Å². The van der Waals surface area contributed by atoms with Crippen LogP contribution in [0.15, 0.2) is 60.8 Å². The van der Waals surface area contributed by atoms with Gasteiger partial charge in [-0.2, -0.15) is 0 Å². The van der Waals surface area contributed by atoms with Crippen molar-refractivity contribution < 1.29 is 14.3 Å². The Bertz CT molecular complexity index is 1080. The Morgan fingerprint density at radius 1 is 1.19 bits per heavy atom. The normalized spacial score (nSPS) is 16.7. The van der Waals surface area contributed by atoms with E-state index in [1.165, 1.54) is 10.9 Å². The van der Waals surface area contributed by atoms with Crippen molar-refractivity contribution >= 4 is 22.7 Å². The number of rotatable bonds is 9. The zero-order valence-corrected chi connectivity index (χ0v) is 18.4. The van der Waals surface area contributed by atoms with Crippen LogP contribution in [-0.4, -0.2) is 54.1 Å². The third kappa shape index (κ3) is 5.29. The summed E-state index contributed by atoms with van der Waals surface area (Å²) in [6, 6.07) is 17.7. The van der Waals surface area contributed by atoms with Gasteiger partial charge in [-0.25, -0.2) is 0 Å². The van der Waals surface area contributed by atoms with Gasteiger partial charge in [0.2, 0.25) is 11.8 Å². The topological polar surface area (TPSA) is 75.6 Å². The number of methoxy groups -OCH3 is 1. The quantitative estimate of drug-likeness (QED) is 0.508. The largest absolute Gasteiger partial charge is 0.497 e. The van der Waals surface area contributed by atoms with Crippen LogP contribution in [0.4, 0.5) is 0 Å². The Balaban J connectivity index is 1.28. The molecule has 1 fully saturated rings. The first-order valence-electron chi connectivity index (χ1n) is 11.1. The van der Waals surface area contributed by atoms with Crippen LogP contribution in [0.25, 0.3) is 10.9 Å². The molecule has 32 heavy (non-hydrogen) atoms. The molecule has 1 atom stereocenters. The first-order chi connectivity index (χ1) is 15.6. The molecule has 2 amide bonds. The van der Waals surface area contributed by atoms with Gasteiger partial charge in [0.15, 0.2) is 0 Å². The molecule has 2 N–H and O–H groups in total. The molecule has 2 heterocycles. The number of carbonyl (C=O) groups excluding carboxylic acids is 2. The molecule has 0 saturated carbocycles. The lowest BCUT2D eigenvalue weighted by Gasteiger charge is -2.34. The fourth-order valence-corrected chi connectivity index (χ4v) is 4.24. The summed E-state index contributed by atoms with van der Waals surface area (Å²) in [4.78, 5) is 27.2. The smallest absolute Gasteiger partial charge is 0.237 e. The molecule has 7 heteroatoms. The molecule has 1 aromatic heterocycles. The van der Waals surface area contributed by atoms with E-state index in [9.17, 15) is 9.59 Å². The minimum absolute atomic E-state index is 0.0897. The van der Waals surface area contributed by atoms with Crippen LogP contribution >= 0.6 is 0 Å². The van der Waals surface area contributed by atoms with Gasteiger partial charge < -0.3 is 19.9 Å². The van der Waals surface area contributed by atoms with Gasteiger partial charge in [-0.15, -0.1) is 0 Å². The zero-order valence-electron chi connectivity index (χ0n) is 18.4. The lowest BCUT2D eigenvalue weighted by molar-refractivity contribution is -0.134. The van der Waals surface area contributed by atoms with Crippen molar-refractivity contribution in [3.63, 3.8) is 0 Å². The van der Waals surface area contributed by atoms with Crippen molar-refractivity contribution in [3.05, 3.63) is 66.4 Å². The first-order valence-corrected chi connectivity index (χ1v) is 11.1. The molecular weight excluding hydrogens is 404 g/mol. The predicted octanol–water partition coefficient (Wildman–Crippen LogP) is 2.55. The molecular formula is C25H30N4O3. The number of fused-ring (bicyclic) bond motifs is 1. The van der Waals surface area contributed by atoms with E-state index in [1.807, 2.05) is 36.4 Å². The SMILES string of the molecule is COc1cccc(CN2CCNC(=O)C2CC(=O)NCCCn2ccc3ccccc32)c1. The van der Waals surface area contributed by atoms with E-state index in [4.69, 9.17) is 4.74 Å². The van der Waals surface area contributed by atoms with E-state index in [1.54, 1.807) is 7.11 Å². The van der Waals surface area contributed by atoms with E-state index >= 15 is 0 Å². The lowest BCUT2D eigenvalue weighted by atomic mass is 10.1. The molecule has 0 aliphatic carbocycles. The highest BCUT2D eigenvalue weighted by Gasteiger charge is 2.31. The fraction of sp³-hybridized carbons (Fsp3) is 0.360. The van der Waals surface area contributed by atoms with Crippen LogP contribution in [-0.2, 0) is 22.7 Å². The number of hydrogen-bond acceptors (Lipinski definition) is 4. The number of aromatic nitrogens is 1. The van der Waals surface area contributed by atoms with Crippen molar-refractivity contribution in [2.45, 2.75) is 32.0 Å². The standard InChI is InChI=1S/C25H30N4O3/c1-32-21-8-4-6-19(16-21)18-29-15-12-27-25(31)23(29)17-24(30)26-11-5-13-28-14-10-20-7-2-3-9-22(20)28/h2-4,6-10,14,16,23H,5,11-13,15,17-18H2,1H3,(H,26,30)(H,27,31). The van der Waals surface area contributed by atoms with Crippen LogP contribution in [0.5, 0.6) is 5.75 Å². The molecule has 168 valence electrons. The summed E-state index contributed by atoms with van der Waals surface area (Å²) < 4.78 is 7.50. The first kappa shape index (κ1) is 21.9. The molecule has 1 saturated heterocycles. The minimum Gasteiger partial charge on any atom is -0.497 e. The zero-order chi connectivity index (χ0) is 22.3. The van der Waals surface area contributed by atoms with Gasteiger partial charge in [-0.05, 0) is 41.6 Å². The predicted molar refractivity (Wildman–Crippen MR) is 124 cm³/mol. The summed E-state index contributed by atoms with van der Waals surface area (Å²) in [5, 5.41) is 7.09. The van der Waals surface area contributed by atoms with Crippen LogP contribution in [0.1, 0.15) is 18.4 Å². The van der Waals surface area contributed by atoms with Crippen LogP contribution in [0, 0.1) is 0 Å². The van der Waals surface area contributed by atoms with Gasteiger partial charge in [0.1, 0.15) is 5.75 Å². The Morgan fingerprint density at radius 3 is 2.94 bits per heavy atom. The lowest BCUT2D eigenvalue weighted by Crippen LogP contribution is -2.56. The molecule has 0 radical (unpaired) electrons. The number of hydrogen-bond donors (Lipinski definition) is 2. The third-order valence-corrected chi connectivity index (χ3v) is 5.92. The van der Waals surface area contributed by atoms with Gasteiger partial charge in [0.25, 0.3) is 0 Å². The molecule has 4 rings (SSSR count). The maximum absolute atomic E-state index is 12.6. The van der Waals surface area contributed by atoms with E-state index in [0.717, 1.165) is 24.3 Å². The van der Waals surface area contributed by atoms with Gasteiger partial charge >= 0.3 is 0 Å². The molecule has 0 spiro atoms. The van der Waals surface area contributed by atoms with E-state index in [0.29, 0.717) is 26.2 Å². The summed E-state index contributed by atoms with van der Waals surface area (Å²) in [6.45, 7) is 3.31. The molecule has 1 aliphatic heterocycles. The Hall–Kier alpha value is -3.32. The van der Waals surface area contributed by atoms with E-state index in [-0.39, 0.29) is 18.2 Å². The maximum atomic E-state index is 12.6. The van der Waals surface area contributed by atoms with Crippen molar-refractivity contribution in [3.8, 4) is 5.75 Å². The molecule has 7 nitrogen and oxygen atoms in total. The molecule has 0 bridgehead atoms. The monoisotopic (exact) mass is 434 g/mol. The Kier molecular flexibility index (Phi) is 7.07. The number of carbonyl (C=O) groups is 2. The highest BCUT2D eigenvalue weighted by Crippen LogP contribution is 2.18. The van der Waals surface area contributed by atoms with E-state index in [2.05, 4.69) is 44.5 Å². The maximum Gasteiger partial charge on any atom is 0.237 e. The second kappa shape index (κ2) is 10.3. The average Bonchev–Trinajstić information content (AvgIpc) is 3.22. The number of benzene rings is 2. The molecule has 3 aromatic rings. The second-order valence-corrected chi connectivity index (χ2v) is 8.10. The number of ether oxygens (including phenoxy) is 1. The number of amides is 2. The molecule has 1 aliphatic rings. The number of para-hydroxylation sites is 1. The van der Waals surface area contributed by atoms with Crippen molar-refractivity contribution in [2.24, 2.45) is 0 Å². The Labute approximate surface area is 188 Å². The highest BCUT2D eigenvalue weighted by atomic mass is 16.5. The molecule has 1 unspecified atom stereocenters. The third-order valence-electron chi connectivity index (χ3n) is 5.92. The summed E-state index contributed by atoms with van der Waals surface area (Å²) in [5.41, 5.74) is 2.26. The van der Waals surface area contributed by atoms with Crippen LogP contribution < -0.4 is 15.4 Å². The van der Waals surface area contributed by atoms with Gasteiger partial charge in [0, 0.05) is 44.4 Å². The van der Waals surface area contributed by atoms with Crippen molar-refractivity contribution in [1.29, 1.82) is 0 Å². The number of aryl methyl sites for hydroxylation is 1. The minimum atomic E-state index is -0.469. The second-order valence-electron chi connectivity index (χ2n) is 8.10. The van der Waals surface area contributed by atoms with Crippen LogP contribution in [0.2, 0.25) is 0 Å². The van der Waals surface area contributed by atoms with Gasteiger partial charge in [0.05, 0.1) is 19.6 Å². The van der Waals surface area contributed by atoms with Gasteiger partial charge in [-0.1, -0.05) is 30.3 Å². The summed E-state index contributed by atoms with van der Waals surface area (Å²) >= 11 is 0. The average molecular weight is 435 g/mol. The van der Waals surface area contributed by atoms with Crippen molar-refractivity contribution in [1.82, 2.24) is 20.1 Å². The fourth-order valence-electron chi connectivity index (χ4n) is 4.24. The van der Waals surface area contributed by atoms with Gasteiger partial charge in [-0.3, -0.25) is 14.5 Å². The summed E-state index contributed by atoms with van der Waals surface area (Å²) in [5.74, 6) is 0.599. The number of nitrogens with one attached hydrogen (secondary N) is 2. The van der Waals surface area contributed by atoms with Crippen molar-refractivity contribution in [2.75, 3.05) is 26.7 Å².